The van der Waals surface area contributed by atoms with Gasteiger partial charge >= 0.3 is 6.03 Å². The fourth-order valence-corrected chi connectivity index (χ4v) is 4.71. The zero-order valence-corrected chi connectivity index (χ0v) is 21.0. The molecule has 10 heteroatoms. The summed E-state index contributed by atoms with van der Waals surface area (Å²) in [6, 6.07) is 8.44. The van der Waals surface area contributed by atoms with Crippen molar-refractivity contribution < 1.29 is 19.1 Å². The molecule has 1 atom stereocenters. The van der Waals surface area contributed by atoms with Gasteiger partial charge in [-0.05, 0) is 43.7 Å². The third-order valence-corrected chi connectivity index (χ3v) is 6.84. The first kappa shape index (κ1) is 24.1. The summed E-state index contributed by atoms with van der Waals surface area (Å²) in [5, 5.41) is 9.36. The van der Waals surface area contributed by atoms with Crippen LogP contribution in [0.3, 0.4) is 0 Å². The minimum absolute atomic E-state index is 0.133. The van der Waals surface area contributed by atoms with Gasteiger partial charge in [0.05, 0.1) is 18.5 Å². The van der Waals surface area contributed by atoms with Crippen molar-refractivity contribution in [2.45, 2.75) is 32.4 Å². The maximum Gasteiger partial charge on any atom is 0.323 e. The summed E-state index contributed by atoms with van der Waals surface area (Å²) in [5.74, 6) is 5.84. The smallest absolute Gasteiger partial charge is 0.323 e. The van der Waals surface area contributed by atoms with Crippen LogP contribution < -0.4 is 15.4 Å². The van der Waals surface area contributed by atoms with Crippen LogP contribution in [-0.2, 0) is 18.4 Å². The Morgan fingerprint density at radius 1 is 1.16 bits per heavy atom. The number of carbonyl (C=O) groups is 3. The number of rotatable bonds is 5. The van der Waals surface area contributed by atoms with Gasteiger partial charge in [-0.2, -0.15) is 5.10 Å². The molecule has 37 heavy (non-hydrogen) atoms. The van der Waals surface area contributed by atoms with Gasteiger partial charge in [-0.15, -0.1) is 0 Å². The van der Waals surface area contributed by atoms with Crippen molar-refractivity contribution in [3.63, 3.8) is 0 Å². The van der Waals surface area contributed by atoms with Crippen molar-refractivity contribution >= 4 is 17.8 Å². The van der Waals surface area contributed by atoms with Gasteiger partial charge in [0, 0.05) is 55.1 Å². The van der Waals surface area contributed by atoms with Crippen LogP contribution >= 0.6 is 0 Å². The van der Waals surface area contributed by atoms with Gasteiger partial charge in [-0.3, -0.25) is 24.6 Å². The highest BCUT2D eigenvalue weighted by molar-refractivity contribution is 6.09. The molecule has 1 saturated heterocycles. The predicted molar refractivity (Wildman–Crippen MR) is 135 cm³/mol. The Morgan fingerprint density at radius 2 is 1.97 bits per heavy atom. The average Bonchev–Trinajstić information content (AvgIpc) is 3.45. The topological polar surface area (TPSA) is 118 Å². The maximum atomic E-state index is 12.9. The number of nitrogens with zero attached hydrogens (tertiary/aromatic N) is 4. The Morgan fingerprint density at radius 3 is 2.59 bits per heavy atom. The van der Waals surface area contributed by atoms with E-state index in [-0.39, 0.29) is 18.9 Å². The Hall–Kier alpha value is -4.65. The highest BCUT2D eigenvalue weighted by atomic mass is 16.5. The summed E-state index contributed by atoms with van der Waals surface area (Å²) in [5.41, 5.74) is 4.22. The molecule has 1 aromatic carbocycles. The van der Waals surface area contributed by atoms with Crippen LogP contribution in [-0.4, -0.2) is 56.7 Å². The molecule has 1 fully saturated rings. The fraction of sp³-hybridized carbons (Fsp3) is 0.296. The lowest BCUT2D eigenvalue weighted by molar-refractivity contribution is -0.122. The first-order chi connectivity index (χ1) is 17.7. The number of methoxy groups -OCH3 is 1. The Kier molecular flexibility index (Phi) is 5.91. The van der Waals surface area contributed by atoms with E-state index >= 15 is 0 Å². The van der Waals surface area contributed by atoms with Crippen molar-refractivity contribution in [3.8, 4) is 28.8 Å². The molecule has 1 unspecified atom stereocenters. The molecule has 10 nitrogen and oxygen atoms in total. The zero-order valence-electron chi connectivity index (χ0n) is 21.0. The lowest BCUT2D eigenvalue weighted by atomic mass is 9.95. The maximum absolute atomic E-state index is 12.9. The number of aryl methyl sites for hydroxylation is 2. The third-order valence-electron chi connectivity index (χ3n) is 6.84. The van der Waals surface area contributed by atoms with E-state index in [2.05, 4.69) is 32.6 Å². The molecule has 188 valence electrons. The lowest BCUT2D eigenvalue weighted by Crippen LogP contribution is -2.48. The summed E-state index contributed by atoms with van der Waals surface area (Å²) in [6.07, 6.45) is 1.76. The molecular formula is C27H26N6O4. The molecule has 0 bridgehead atoms. The van der Waals surface area contributed by atoms with Gasteiger partial charge in [0.1, 0.15) is 5.75 Å². The van der Waals surface area contributed by atoms with Gasteiger partial charge in [0.15, 0.2) is 5.54 Å². The van der Waals surface area contributed by atoms with Gasteiger partial charge < -0.3 is 15.0 Å². The minimum atomic E-state index is -1.46. The molecule has 4 amide bonds. The number of ether oxygens (including phenoxy) is 1. The van der Waals surface area contributed by atoms with Crippen molar-refractivity contribution in [1.29, 1.82) is 0 Å². The monoisotopic (exact) mass is 498 g/mol. The standard InChI is InChI=1S/C27H26N6O4/c1-16-23(17(2)32(3)31-16)22-8-5-18(14-28-22)9-10-27(25(35)29-26(36)30-27)11-12-33-15-19-6-7-20(37-4)13-21(19)24(33)34/h5-8,13-14H,11-12,15H2,1-4H3,(H2,29,30,35,36). The first-order valence-corrected chi connectivity index (χ1v) is 11.8. The largest absolute Gasteiger partial charge is 0.497 e. The predicted octanol–water partition coefficient (Wildman–Crippen LogP) is 2.08. The van der Waals surface area contributed by atoms with Gasteiger partial charge in [0.25, 0.3) is 11.8 Å². The summed E-state index contributed by atoms with van der Waals surface area (Å²) < 4.78 is 7.04. The van der Waals surface area contributed by atoms with Crippen LogP contribution in [0.2, 0.25) is 0 Å². The highest BCUT2D eigenvalue weighted by Crippen LogP contribution is 2.28. The number of aromatic nitrogens is 3. The number of hydrogen-bond donors (Lipinski definition) is 2. The second-order valence-corrected chi connectivity index (χ2v) is 9.16. The molecule has 2 aromatic heterocycles. The van der Waals surface area contributed by atoms with Crippen molar-refractivity contribution in [2.24, 2.45) is 7.05 Å². The molecule has 5 rings (SSSR count). The molecule has 0 spiro atoms. The van der Waals surface area contributed by atoms with Crippen LogP contribution in [0.15, 0.2) is 36.5 Å². The van der Waals surface area contributed by atoms with Crippen molar-refractivity contribution in [2.75, 3.05) is 13.7 Å². The van der Waals surface area contributed by atoms with E-state index in [9.17, 15) is 14.4 Å². The van der Waals surface area contributed by atoms with Crippen LogP contribution in [0, 0.1) is 25.7 Å². The summed E-state index contributed by atoms with van der Waals surface area (Å²) in [7, 11) is 3.43. The van der Waals surface area contributed by atoms with E-state index in [4.69, 9.17) is 4.74 Å². The number of pyridine rings is 1. The quantitative estimate of drug-likeness (QED) is 0.411. The second kappa shape index (κ2) is 9.09. The van der Waals surface area contributed by atoms with Gasteiger partial charge in [0.2, 0.25) is 0 Å². The SMILES string of the molecule is COc1ccc2c(c1)C(=O)N(CCC1(C#Cc3ccc(-c4c(C)nn(C)c4C)nc3)NC(=O)NC1=O)C2. The number of amides is 4. The number of hydrogen-bond acceptors (Lipinski definition) is 6. The number of fused-ring (bicyclic) bond motifs is 1. The fourth-order valence-electron chi connectivity index (χ4n) is 4.71. The molecule has 0 aliphatic carbocycles. The van der Waals surface area contributed by atoms with E-state index in [1.165, 1.54) is 0 Å². The van der Waals surface area contributed by atoms with Gasteiger partial charge in [-0.1, -0.05) is 17.9 Å². The first-order valence-electron chi connectivity index (χ1n) is 11.8. The van der Waals surface area contributed by atoms with Crippen molar-refractivity contribution in [1.82, 2.24) is 30.3 Å². The lowest BCUT2D eigenvalue weighted by Gasteiger charge is -2.23. The molecule has 2 aliphatic rings. The van der Waals surface area contributed by atoms with E-state index in [1.54, 1.807) is 24.3 Å². The van der Waals surface area contributed by atoms with Crippen LogP contribution in [0.4, 0.5) is 4.79 Å². The second-order valence-electron chi connectivity index (χ2n) is 9.16. The highest BCUT2D eigenvalue weighted by Gasteiger charge is 2.45. The third kappa shape index (κ3) is 4.29. The number of nitrogens with one attached hydrogen (secondary N) is 2. The normalized spacial score (nSPS) is 18.3. The van der Waals surface area contributed by atoms with Crippen molar-refractivity contribution in [3.05, 3.63) is 64.6 Å². The Balaban J connectivity index is 1.36. The van der Waals surface area contributed by atoms with E-state index in [0.717, 1.165) is 28.2 Å². The number of imide groups is 1. The Bertz CT molecular complexity index is 1500. The molecule has 3 aromatic rings. The van der Waals surface area contributed by atoms with Crippen LogP contribution in [0.1, 0.15) is 39.3 Å². The summed E-state index contributed by atoms with van der Waals surface area (Å²) >= 11 is 0. The van der Waals surface area contributed by atoms with Crippen LogP contribution in [0.25, 0.3) is 11.3 Å². The molecule has 4 heterocycles. The summed E-state index contributed by atoms with van der Waals surface area (Å²) in [6.45, 7) is 4.56. The molecule has 0 saturated carbocycles. The van der Waals surface area contributed by atoms with E-state index in [0.29, 0.717) is 23.4 Å². The molecule has 2 aliphatic heterocycles. The van der Waals surface area contributed by atoms with Gasteiger partial charge in [-0.25, -0.2) is 4.79 Å². The minimum Gasteiger partial charge on any atom is -0.497 e. The molecular weight excluding hydrogens is 472 g/mol. The average molecular weight is 499 g/mol. The number of urea groups is 1. The Labute approximate surface area is 214 Å². The van der Waals surface area contributed by atoms with E-state index in [1.807, 2.05) is 49.8 Å². The van der Waals surface area contributed by atoms with Crippen LogP contribution in [0.5, 0.6) is 5.75 Å². The van der Waals surface area contributed by atoms with E-state index < -0.39 is 17.5 Å². The summed E-state index contributed by atoms with van der Waals surface area (Å²) in [4.78, 5) is 43.9. The number of benzene rings is 1. The molecule has 2 N–H and O–H groups in total. The zero-order chi connectivity index (χ0) is 26.3. The molecule has 0 radical (unpaired) electrons. The number of carbonyl (C=O) groups excluding carboxylic acids is 3.